The lowest BCUT2D eigenvalue weighted by Gasteiger charge is -2.11. The molecule has 1 heterocycles. The molecular weight excluding hydrogens is 441 g/mol. The molecule has 3 rings (SSSR count). The minimum absolute atomic E-state index is 0.0160. The second-order valence-electron chi connectivity index (χ2n) is 5.92. The van der Waals surface area contributed by atoms with E-state index in [-0.39, 0.29) is 17.0 Å². The topological polar surface area (TPSA) is 66.4 Å². The maximum atomic E-state index is 12.5. The SMILES string of the molecule is O=C(O)c1c(-c2ccc(Cl)cc2)csc1NC(=O)C(Cl)Cc1ccccc1Cl. The van der Waals surface area contributed by atoms with Crippen LogP contribution in [-0.4, -0.2) is 22.4 Å². The summed E-state index contributed by atoms with van der Waals surface area (Å²) in [6.45, 7) is 0. The summed E-state index contributed by atoms with van der Waals surface area (Å²) in [5, 5.41) is 14.4. The van der Waals surface area contributed by atoms with Crippen LogP contribution in [0.2, 0.25) is 10.0 Å². The molecule has 1 atom stereocenters. The molecule has 0 radical (unpaired) electrons. The van der Waals surface area contributed by atoms with Crippen molar-refractivity contribution < 1.29 is 14.7 Å². The van der Waals surface area contributed by atoms with Crippen LogP contribution >= 0.6 is 46.1 Å². The quantitative estimate of drug-likeness (QED) is 0.435. The van der Waals surface area contributed by atoms with Gasteiger partial charge >= 0.3 is 5.97 Å². The number of carbonyl (C=O) groups excluding carboxylic acids is 1. The predicted molar refractivity (Wildman–Crippen MR) is 115 cm³/mol. The predicted octanol–water partition coefficient (Wildman–Crippen LogP) is 6.21. The Bertz CT molecular complexity index is 1020. The molecule has 1 unspecified atom stereocenters. The van der Waals surface area contributed by atoms with Crippen LogP contribution in [0.5, 0.6) is 0 Å². The van der Waals surface area contributed by atoms with Crippen molar-refractivity contribution in [2.24, 2.45) is 0 Å². The number of aromatic carboxylic acids is 1. The van der Waals surface area contributed by atoms with Gasteiger partial charge in [0, 0.05) is 21.0 Å². The number of nitrogens with one attached hydrogen (secondary N) is 1. The van der Waals surface area contributed by atoms with Gasteiger partial charge in [0.15, 0.2) is 0 Å². The van der Waals surface area contributed by atoms with E-state index >= 15 is 0 Å². The Hall–Kier alpha value is -2.05. The average Bonchev–Trinajstić information content (AvgIpc) is 3.08. The standard InChI is InChI=1S/C20H14Cl3NO3S/c21-13-7-5-11(6-8-13)14-10-28-19(17(14)20(26)27)24-18(25)16(23)9-12-3-1-2-4-15(12)22/h1-8,10,16H,9H2,(H,24,25)(H,26,27). The van der Waals surface area contributed by atoms with E-state index in [1.807, 2.05) is 6.07 Å². The van der Waals surface area contributed by atoms with Gasteiger partial charge in [-0.3, -0.25) is 4.79 Å². The maximum absolute atomic E-state index is 12.5. The Morgan fingerprint density at radius 3 is 2.39 bits per heavy atom. The molecule has 2 aromatic carbocycles. The molecule has 0 aliphatic heterocycles. The van der Waals surface area contributed by atoms with Crippen molar-refractivity contribution in [1.29, 1.82) is 0 Å². The van der Waals surface area contributed by atoms with Crippen LogP contribution in [-0.2, 0) is 11.2 Å². The first-order valence-corrected chi connectivity index (χ1v) is 10.2. The van der Waals surface area contributed by atoms with Crippen LogP contribution in [0.3, 0.4) is 0 Å². The lowest BCUT2D eigenvalue weighted by molar-refractivity contribution is -0.115. The number of alkyl halides is 1. The number of benzene rings is 2. The number of anilines is 1. The molecular formula is C20H14Cl3NO3S. The van der Waals surface area contributed by atoms with Gasteiger partial charge in [0.1, 0.15) is 15.9 Å². The van der Waals surface area contributed by atoms with E-state index in [2.05, 4.69) is 5.32 Å². The average molecular weight is 455 g/mol. The number of hydrogen-bond donors (Lipinski definition) is 2. The lowest BCUT2D eigenvalue weighted by Crippen LogP contribution is -2.25. The molecule has 4 nitrogen and oxygen atoms in total. The third kappa shape index (κ3) is 4.67. The highest BCUT2D eigenvalue weighted by molar-refractivity contribution is 7.15. The van der Waals surface area contributed by atoms with Gasteiger partial charge in [0.2, 0.25) is 5.91 Å². The number of carbonyl (C=O) groups is 2. The maximum Gasteiger partial charge on any atom is 0.339 e. The van der Waals surface area contributed by atoms with E-state index in [0.29, 0.717) is 21.2 Å². The van der Waals surface area contributed by atoms with Gasteiger partial charge in [-0.1, -0.05) is 53.5 Å². The highest BCUT2D eigenvalue weighted by Crippen LogP contribution is 2.36. The van der Waals surface area contributed by atoms with Crippen LogP contribution in [0.4, 0.5) is 5.00 Å². The zero-order valence-corrected chi connectivity index (χ0v) is 17.4. The fourth-order valence-corrected chi connectivity index (χ4v) is 4.17. The summed E-state index contributed by atoms with van der Waals surface area (Å²) in [7, 11) is 0. The fourth-order valence-electron chi connectivity index (χ4n) is 2.64. The van der Waals surface area contributed by atoms with Crippen LogP contribution in [0.25, 0.3) is 11.1 Å². The fraction of sp³-hybridized carbons (Fsp3) is 0.100. The van der Waals surface area contributed by atoms with Crippen LogP contribution in [0, 0.1) is 0 Å². The molecule has 28 heavy (non-hydrogen) atoms. The largest absolute Gasteiger partial charge is 0.478 e. The number of amides is 1. The zero-order chi connectivity index (χ0) is 20.3. The molecule has 8 heteroatoms. The normalized spacial score (nSPS) is 11.8. The van der Waals surface area contributed by atoms with Crippen LogP contribution in [0.15, 0.2) is 53.9 Å². The molecule has 0 aliphatic rings. The minimum Gasteiger partial charge on any atom is -0.478 e. The Balaban J connectivity index is 1.82. The summed E-state index contributed by atoms with van der Waals surface area (Å²) in [4.78, 5) is 24.3. The summed E-state index contributed by atoms with van der Waals surface area (Å²) < 4.78 is 0. The first-order valence-electron chi connectivity index (χ1n) is 8.16. The van der Waals surface area contributed by atoms with Crippen molar-refractivity contribution in [3.8, 4) is 11.1 Å². The number of thiophene rings is 1. The van der Waals surface area contributed by atoms with Crippen molar-refractivity contribution in [3.63, 3.8) is 0 Å². The van der Waals surface area contributed by atoms with Gasteiger partial charge in [-0.25, -0.2) is 4.79 Å². The van der Waals surface area contributed by atoms with E-state index in [9.17, 15) is 14.7 Å². The van der Waals surface area contributed by atoms with Gasteiger partial charge < -0.3 is 10.4 Å². The van der Waals surface area contributed by atoms with E-state index in [4.69, 9.17) is 34.8 Å². The monoisotopic (exact) mass is 453 g/mol. The van der Waals surface area contributed by atoms with Crippen molar-refractivity contribution >= 4 is 63.0 Å². The first-order chi connectivity index (χ1) is 13.4. The summed E-state index contributed by atoms with van der Waals surface area (Å²) >= 11 is 19.4. The van der Waals surface area contributed by atoms with E-state index in [1.165, 1.54) is 0 Å². The first kappa shape index (κ1) is 20.7. The molecule has 1 aromatic heterocycles. The number of hydrogen-bond acceptors (Lipinski definition) is 3. The van der Waals surface area contributed by atoms with E-state index in [0.717, 1.165) is 16.9 Å². The molecule has 0 spiro atoms. The van der Waals surface area contributed by atoms with E-state index in [1.54, 1.807) is 47.8 Å². The smallest absolute Gasteiger partial charge is 0.339 e. The van der Waals surface area contributed by atoms with Crippen LogP contribution < -0.4 is 5.32 Å². The van der Waals surface area contributed by atoms with Crippen LogP contribution in [0.1, 0.15) is 15.9 Å². The minimum atomic E-state index is -1.14. The third-order valence-corrected chi connectivity index (χ3v) is 5.91. The summed E-state index contributed by atoms with van der Waals surface area (Å²) in [6.07, 6.45) is 0.227. The molecule has 0 fully saturated rings. The molecule has 3 aromatic rings. The van der Waals surface area contributed by atoms with Crippen molar-refractivity contribution in [1.82, 2.24) is 0 Å². The lowest BCUT2D eigenvalue weighted by atomic mass is 10.0. The summed E-state index contributed by atoms with van der Waals surface area (Å²) in [5.74, 6) is -1.63. The highest BCUT2D eigenvalue weighted by Gasteiger charge is 2.24. The van der Waals surface area contributed by atoms with Gasteiger partial charge in [-0.05, 0) is 35.7 Å². The second-order valence-corrected chi connectivity index (χ2v) is 8.17. The Morgan fingerprint density at radius 1 is 1.07 bits per heavy atom. The number of carboxylic acid groups (broad SMARTS) is 1. The molecule has 0 saturated carbocycles. The molecule has 0 saturated heterocycles. The Labute approximate surface area is 180 Å². The van der Waals surface area contributed by atoms with Gasteiger partial charge in [-0.2, -0.15) is 0 Å². The number of carboxylic acids is 1. The number of rotatable bonds is 6. The second kappa shape index (κ2) is 8.97. The summed E-state index contributed by atoms with van der Waals surface area (Å²) in [5.41, 5.74) is 1.95. The molecule has 144 valence electrons. The molecule has 1 amide bonds. The molecule has 0 bridgehead atoms. The van der Waals surface area contributed by atoms with Crippen molar-refractivity contribution in [3.05, 3.63) is 75.1 Å². The highest BCUT2D eigenvalue weighted by atomic mass is 35.5. The molecule has 0 aliphatic carbocycles. The zero-order valence-electron chi connectivity index (χ0n) is 14.3. The number of halogens is 3. The Morgan fingerprint density at radius 2 is 1.75 bits per heavy atom. The van der Waals surface area contributed by atoms with E-state index < -0.39 is 17.3 Å². The third-order valence-electron chi connectivity index (χ3n) is 4.04. The molecule has 2 N–H and O–H groups in total. The Kier molecular flexibility index (Phi) is 6.62. The van der Waals surface area contributed by atoms with Gasteiger partial charge in [-0.15, -0.1) is 22.9 Å². The summed E-state index contributed by atoms with van der Waals surface area (Å²) in [6, 6.07) is 13.9. The van der Waals surface area contributed by atoms with Gasteiger partial charge in [0.25, 0.3) is 0 Å². The van der Waals surface area contributed by atoms with Crippen molar-refractivity contribution in [2.75, 3.05) is 5.32 Å². The van der Waals surface area contributed by atoms with Gasteiger partial charge in [0.05, 0.1) is 0 Å². The van der Waals surface area contributed by atoms with Crippen molar-refractivity contribution in [2.45, 2.75) is 11.8 Å².